The van der Waals surface area contributed by atoms with Gasteiger partial charge in [0.2, 0.25) is 0 Å². The quantitative estimate of drug-likeness (QED) is 0.874. The molecule has 106 valence electrons. The average molecular weight is 268 g/mol. The normalized spacial score (nSPS) is 13.0. The van der Waals surface area contributed by atoms with Crippen molar-refractivity contribution in [3.8, 4) is 11.1 Å². The van der Waals surface area contributed by atoms with Gasteiger partial charge in [0.1, 0.15) is 0 Å². The first-order valence-electron chi connectivity index (χ1n) is 7.12. The van der Waals surface area contributed by atoms with Crippen molar-refractivity contribution in [3.63, 3.8) is 0 Å². The van der Waals surface area contributed by atoms with Crippen molar-refractivity contribution >= 4 is 5.69 Å². The highest BCUT2D eigenvalue weighted by Gasteiger charge is 2.19. The molecule has 0 aliphatic rings. The van der Waals surface area contributed by atoms with E-state index >= 15 is 0 Å². The second-order valence-corrected chi connectivity index (χ2v) is 6.30. The van der Waals surface area contributed by atoms with Crippen molar-refractivity contribution < 1.29 is 0 Å². The Morgan fingerprint density at radius 3 is 2.00 bits per heavy atom. The van der Waals surface area contributed by atoms with Gasteiger partial charge in [0.15, 0.2) is 0 Å². The molecule has 20 heavy (non-hydrogen) atoms. The minimum absolute atomic E-state index is 0.122. The Balaban J connectivity index is 1.99. The van der Waals surface area contributed by atoms with Crippen molar-refractivity contribution in [2.45, 2.75) is 26.8 Å². The molecule has 0 saturated heterocycles. The monoisotopic (exact) mass is 268 g/mol. The van der Waals surface area contributed by atoms with Crippen molar-refractivity contribution in [2.24, 2.45) is 11.1 Å². The lowest BCUT2D eigenvalue weighted by molar-refractivity contribution is 0.331. The van der Waals surface area contributed by atoms with Crippen LogP contribution in [0.5, 0.6) is 0 Å². The Kier molecular flexibility index (Phi) is 4.46. The summed E-state index contributed by atoms with van der Waals surface area (Å²) in [6.45, 7) is 7.28. The van der Waals surface area contributed by atoms with E-state index in [2.05, 4.69) is 74.6 Å². The maximum atomic E-state index is 6.16. The summed E-state index contributed by atoms with van der Waals surface area (Å²) >= 11 is 0. The van der Waals surface area contributed by atoms with Crippen molar-refractivity contribution in [1.29, 1.82) is 0 Å². The number of benzene rings is 2. The molecule has 0 fully saturated rings. The molecule has 1 atom stereocenters. The maximum Gasteiger partial charge on any atom is 0.0341 e. The van der Waals surface area contributed by atoms with Gasteiger partial charge >= 0.3 is 0 Å². The maximum absolute atomic E-state index is 6.16. The predicted octanol–water partition coefficient (Wildman–Crippen LogP) is 4.14. The number of anilines is 1. The topological polar surface area (TPSA) is 38.0 Å². The van der Waals surface area contributed by atoms with Crippen LogP contribution in [0.4, 0.5) is 5.69 Å². The zero-order valence-corrected chi connectivity index (χ0v) is 12.6. The van der Waals surface area contributed by atoms with Crippen LogP contribution in [0.2, 0.25) is 0 Å². The number of nitrogens with one attached hydrogen (secondary N) is 1. The number of rotatable bonds is 4. The Hall–Kier alpha value is -1.80. The lowest BCUT2D eigenvalue weighted by atomic mass is 9.87. The molecule has 0 radical (unpaired) electrons. The van der Waals surface area contributed by atoms with E-state index in [9.17, 15) is 0 Å². The molecule has 0 saturated carbocycles. The molecule has 2 aromatic carbocycles. The predicted molar refractivity (Wildman–Crippen MR) is 87.8 cm³/mol. The number of hydrogen-bond donors (Lipinski definition) is 2. The summed E-state index contributed by atoms with van der Waals surface area (Å²) in [4.78, 5) is 0. The molecule has 2 aromatic rings. The Morgan fingerprint density at radius 1 is 0.900 bits per heavy atom. The molecule has 0 aliphatic carbocycles. The van der Waals surface area contributed by atoms with Crippen LogP contribution in [0.1, 0.15) is 20.8 Å². The molecular formula is C18H24N2. The van der Waals surface area contributed by atoms with Gasteiger partial charge in [-0.1, -0.05) is 63.2 Å². The standard InChI is InChI=1S/C18H24N2/c1-18(2,3)17(19)13-20-16-11-9-15(10-12-16)14-7-5-4-6-8-14/h4-12,17,20H,13,19H2,1-3H3. The van der Waals surface area contributed by atoms with Gasteiger partial charge in [-0.15, -0.1) is 0 Å². The third-order valence-corrected chi connectivity index (χ3v) is 3.63. The molecule has 2 nitrogen and oxygen atoms in total. The average Bonchev–Trinajstić information content (AvgIpc) is 2.45. The molecule has 0 aromatic heterocycles. The fraction of sp³-hybridized carbons (Fsp3) is 0.333. The second-order valence-electron chi connectivity index (χ2n) is 6.30. The van der Waals surface area contributed by atoms with Crippen LogP contribution < -0.4 is 11.1 Å². The van der Waals surface area contributed by atoms with Gasteiger partial charge in [-0.3, -0.25) is 0 Å². The molecule has 1 unspecified atom stereocenters. The first-order valence-corrected chi connectivity index (χ1v) is 7.12. The largest absolute Gasteiger partial charge is 0.383 e. The van der Waals surface area contributed by atoms with Gasteiger partial charge in [0.25, 0.3) is 0 Å². The minimum atomic E-state index is 0.122. The summed E-state index contributed by atoms with van der Waals surface area (Å²) in [6.07, 6.45) is 0. The van der Waals surface area contributed by atoms with E-state index in [0.29, 0.717) is 0 Å². The minimum Gasteiger partial charge on any atom is -0.383 e. The molecule has 0 spiro atoms. The third-order valence-electron chi connectivity index (χ3n) is 3.63. The molecule has 0 amide bonds. The van der Waals surface area contributed by atoms with Gasteiger partial charge in [0, 0.05) is 18.3 Å². The summed E-state index contributed by atoms with van der Waals surface area (Å²) in [5.74, 6) is 0. The van der Waals surface area contributed by atoms with Crippen molar-refractivity contribution in [3.05, 3.63) is 54.6 Å². The molecule has 0 heterocycles. The van der Waals surface area contributed by atoms with Gasteiger partial charge < -0.3 is 11.1 Å². The Bertz CT molecular complexity index is 524. The molecule has 0 aliphatic heterocycles. The van der Waals surface area contributed by atoms with E-state index < -0.39 is 0 Å². The molecule has 0 bridgehead atoms. The van der Waals surface area contributed by atoms with E-state index in [1.807, 2.05) is 6.07 Å². The summed E-state index contributed by atoms with van der Waals surface area (Å²) in [6, 6.07) is 19.0. The highest BCUT2D eigenvalue weighted by atomic mass is 14.9. The van der Waals surface area contributed by atoms with Crippen LogP contribution in [0.15, 0.2) is 54.6 Å². The molecule has 3 N–H and O–H groups in total. The fourth-order valence-corrected chi connectivity index (χ4v) is 1.95. The van der Waals surface area contributed by atoms with Gasteiger partial charge in [-0.25, -0.2) is 0 Å². The van der Waals surface area contributed by atoms with Gasteiger partial charge in [-0.05, 0) is 28.7 Å². The Morgan fingerprint density at radius 2 is 1.45 bits per heavy atom. The van der Waals surface area contributed by atoms with E-state index in [1.165, 1.54) is 11.1 Å². The zero-order valence-electron chi connectivity index (χ0n) is 12.6. The van der Waals surface area contributed by atoms with E-state index in [0.717, 1.165) is 12.2 Å². The smallest absolute Gasteiger partial charge is 0.0341 e. The highest BCUT2D eigenvalue weighted by Crippen LogP contribution is 2.22. The first-order chi connectivity index (χ1) is 9.47. The third kappa shape index (κ3) is 3.84. The fourth-order valence-electron chi connectivity index (χ4n) is 1.95. The van der Waals surface area contributed by atoms with Crippen LogP contribution >= 0.6 is 0 Å². The van der Waals surface area contributed by atoms with Crippen molar-refractivity contribution in [1.82, 2.24) is 0 Å². The van der Waals surface area contributed by atoms with Crippen LogP contribution in [0, 0.1) is 5.41 Å². The molecule has 2 rings (SSSR count). The van der Waals surface area contributed by atoms with Crippen LogP contribution in [-0.2, 0) is 0 Å². The van der Waals surface area contributed by atoms with Gasteiger partial charge in [0.05, 0.1) is 0 Å². The summed E-state index contributed by atoms with van der Waals surface area (Å²) in [5, 5.41) is 3.40. The zero-order chi connectivity index (χ0) is 14.6. The summed E-state index contributed by atoms with van der Waals surface area (Å²) in [7, 11) is 0. The molecular weight excluding hydrogens is 244 g/mol. The summed E-state index contributed by atoms with van der Waals surface area (Å²) < 4.78 is 0. The Labute approximate surface area is 122 Å². The summed E-state index contributed by atoms with van der Waals surface area (Å²) in [5.41, 5.74) is 9.87. The highest BCUT2D eigenvalue weighted by molar-refractivity contribution is 5.65. The van der Waals surface area contributed by atoms with Crippen LogP contribution in [0.25, 0.3) is 11.1 Å². The number of hydrogen-bond acceptors (Lipinski definition) is 2. The van der Waals surface area contributed by atoms with Gasteiger partial charge in [-0.2, -0.15) is 0 Å². The second kappa shape index (κ2) is 6.10. The van der Waals surface area contributed by atoms with Crippen molar-refractivity contribution in [2.75, 3.05) is 11.9 Å². The lowest BCUT2D eigenvalue weighted by Gasteiger charge is -2.27. The first kappa shape index (κ1) is 14.6. The SMILES string of the molecule is CC(C)(C)C(N)CNc1ccc(-c2ccccc2)cc1. The molecule has 2 heteroatoms. The van der Waals surface area contributed by atoms with Crippen LogP contribution in [0.3, 0.4) is 0 Å². The van der Waals surface area contributed by atoms with E-state index in [4.69, 9.17) is 5.73 Å². The van der Waals surface area contributed by atoms with E-state index in [1.54, 1.807) is 0 Å². The lowest BCUT2D eigenvalue weighted by Crippen LogP contribution is -2.40. The van der Waals surface area contributed by atoms with E-state index in [-0.39, 0.29) is 11.5 Å². The number of nitrogens with two attached hydrogens (primary N) is 1. The van der Waals surface area contributed by atoms with Crippen LogP contribution in [-0.4, -0.2) is 12.6 Å².